The molecule has 0 aromatic carbocycles. The third-order valence-corrected chi connectivity index (χ3v) is 11.3. The molecule has 0 heterocycles. The number of hydrogen-bond acceptors (Lipinski definition) is 2. The second kappa shape index (κ2) is 5.49. The highest BCUT2D eigenvalue weighted by atomic mass is 28.4. The molecule has 0 unspecified atom stereocenters. The van der Waals surface area contributed by atoms with E-state index in [1.54, 1.807) is 0 Å². The first-order valence-electron chi connectivity index (χ1n) is 8.71. The molecule has 0 N–H and O–H groups in total. The number of carbonyl (C=O) groups excluding carboxylic acids is 1. The van der Waals surface area contributed by atoms with Crippen molar-refractivity contribution in [3.8, 4) is 0 Å². The van der Waals surface area contributed by atoms with Gasteiger partial charge in [-0.15, -0.1) is 0 Å². The van der Waals surface area contributed by atoms with Crippen LogP contribution in [0.15, 0.2) is 0 Å². The van der Waals surface area contributed by atoms with E-state index in [-0.39, 0.29) is 16.6 Å². The van der Waals surface area contributed by atoms with Crippen molar-refractivity contribution < 1.29 is 9.22 Å². The molecule has 2 aliphatic rings. The lowest BCUT2D eigenvalue weighted by Crippen LogP contribution is -2.50. The molecule has 0 radical (unpaired) electrons. The predicted octanol–water partition coefficient (Wildman–Crippen LogP) is 5.18. The van der Waals surface area contributed by atoms with Gasteiger partial charge in [0.25, 0.3) is 0 Å². The molecule has 4 atom stereocenters. The first-order valence-corrected chi connectivity index (χ1v) is 11.6. The normalized spacial score (nSPS) is 38.2. The summed E-state index contributed by atoms with van der Waals surface area (Å²) in [5.74, 6) is 1.66. The largest absolute Gasteiger partial charge is 0.413 e. The van der Waals surface area contributed by atoms with Gasteiger partial charge < -0.3 is 4.43 Å². The maximum absolute atomic E-state index is 12.8. The number of hydrogen-bond donors (Lipinski definition) is 0. The van der Waals surface area contributed by atoms with Crippen molar-refractivity contribution in [2.75, 3.05) is 0 Å². The highest BCUT2D eigenvalue weighted by molar-refractivity contribution is 6.74. The number of Topliss-reactive ketones (excluding diaryl/α,β-unsaturated/α-hetero) is 1. The Balaban J connectivity index is 2.28. The fourth-order valence-corrected chi connectivity index (χ4v) is 5.63. The number of carbonyl (C=O) groups is 1. The van der Waals surface area contributed by atoms with E-state index in [0.29, 0.717) is 17.6 Å². The average Bonchev–Trinajstić information content (AvgIpc) is 2.60. The maximum atomic E-state index is 12.8. The van der Waals surface area contributed by atoms with E-state index in [1.165, 1.54) is 12.8 Å². The summed E-state index contributed by atoms with van der Waals surface area (Å²) in [5, 5.41) is 0.209. The van der Waals surface area contributed by atoms with Crippen LogP contribution in [0, 0.1) is 17.3 Å². The van der Waals surface area contributed by atoms with Crippen molar-refractivity contribution in [3.05, 3.63) is 0 Å². The zero-order valence-corrected chi connectivity index (χ0v) is 16.1. The maximum Gasteiger partial charge on any atom is 0.192 e. The summed E-state index contributed by atoms with van der Waals surface area (Å²) >= 11 is 0. The molecule has 2 saturated carbocycles. The molecule has 2 rings (SSSR count). The van der Waals surface area contributed by atoms with E-state index in [9.17, 15) is 4.79 Å². The van der Waals surface area contributed by atoms with Crippen LogP contribution in [0.5, 0.6) is 0 Å². The van der Waals surface area contributed by atoms with Gasteiger partial charge in [0.15, 0.2) is 8.32 Å². The minimum Gasteiger partial charge on any atom is -0.413 e. The first-order chi connectivity index (χ1) is 9.50. The second-order valence-electron chi connectivity index (χ2n) is 9.13. The van der Waals surface area contributed by atoms with E-state index in [2.05, 4.69) is 47.7 Å². The van der Waals surface area contributed by atoms with Crippen molar-refractivity contribution in [1.29, 1.82) is 0 Å². The average molecular weight is 311 g/mol. The molecule has 2 nitrogen and oxygen atoms in total. The quantitative estimate of drug-likeness (QED) is 0.657. The van der Waals surface area contributed by atoms with Gasteiger partial charge in [-0.05, 0) is 62.6 Å². The fourth-order valence-electron chi connectivity index (χ4n) is 4.20. The SMILES string of the molecule is C[C@H]1CCCC(=O)[C@]2(C)[C@@H](O[Si](C)(C)C(C)(C)C)CC[C@H]12. The van der Waals surface area contributed by atoms with E-state index in [4.69, 9.17) is 4.43 Å². The monoisotopic (exact) mass is 310 g/mol. The molecule has 0 bridgehead atoms. The lowest BCUT2D eigenvalue weighted by Gasteiger charge is -2.44. The second-order valence-corrected chi connectivity index (χ2v) is 13.9. The van der Waals surface area contributed by atoms with Crippen molar-refractivity contribution in [1.82, 2.24) is 0 Å². The molecule has 2 fully saturated rings. The molecule has 0 spiro atoms. The summed E-state index contributed by atoms with van der Waals surface area (Å²) in [5.41, 5.74) is -0.231. The summed E-state index contributed by atoms with van der Waals surface area (Å²) in [7, 11) is -1.81. The van der Waals surface area contributed by atoms with Crippen LogP contribution < -0.4 is 0 Å². The van der Waals surface area contributed by atoms with Gasteiger partial charge in [0, 0.05) is 6.42 Å². The highest BCUT2D eigenvalue weighted by Gasteiger charge is 2.56. The molecule has 2 aliphatic carbocycles. The third-order valence-electron chi connectivity index (χ3n) is 6.77. The van der Waals surface area contributed by atoms with Crippen LogP contribution in [0.3, 0.4) is 0 Å². The van der Waals surface area contributed by atoms with E-state index < -0.39 is 8.32 Å². The summed E-state index contributed by atoms with van der Waals surface area (Å²) < 4.78 is 6.73. The lowest BCUT2D eigenvalue weighted by atomic mass is 9.70. The molecule has 0 aromatic rings. The van der Waals surface area contributed by atoms with E-state index in [1.807, 2.05) is 0 Å². The minimum atomic E-state index is -1.81. The molecular formula is C18H34O2Si. The van der Waals surface area contributed by atoms with Gasteiger partial charge in [-0.1, -0.05) is 27.7 Å². The number of ketones is 1. The Bertz CT molecular complexity index is 410. The van der Waals surface area contributed by atoms with Gasteiger partial charge in [0.1, 0.15) is 5.78 Å². The highest BCUT2D eigenvalue weighted by Crippen LogP contribution is 2.54. The first kappa shape index (κ1) is 17.2. The molecule has 0 amide bonds. The molecular weight excluding hydrogens is 276 g/mol. The topological polar surface area (TPSA) is 26.3 Å². The Morgan fingerprint density at radius 3 is 2.38 bits per heavy atom. The van der Waals surface area contributed by atoms with Crippen LogP contribution in [0.25, 0.3) is 0 Å². The standard InChI is InChI=1S/C18H34O2Si/c1-13-9-8-10-15(19)18(5)14(13)11-12-16(18)20-21(6,7)17(2,3)4/h13-14,16H,8-12H2,1-7H3/t13-,14+,16-,18+/m0/s1. The molecule has 0 aromatic heterocycles. The van der Waals surface area contributed by atoms with Crippen LogP contribution in [-0.2, 0) is 9.22 Å². The predicted molar refractivity (Wildman–Crippen MR) is 90.9 cm³/mol. The smallest absolute Gasteiger partial charge is 0.192 e. The van der Waals surface area contributed by atoms with Crippen LogP contribution in [-0.4, -0.2) is 20.2 Å². The zero-order valence-electron chi connectivity index (χ0n) is 15.1. The van der Waals surface area contributed by atoms with Gasteiger partial charge in [0.05, 0.1) is 11.5 Å². The van der Waals surface area contributed by atoms with Crippen molar-refractivity contribution in [3.63, 3.8) is 0 Å². The van der Waals surface area contributed by atoms with Crippen LogP contribution in [0.1, 0.15) is 66.7 Å². The van der Waals surface area contributed by atoms with Gasteiger partial charge >= 0.3 is 0 Å². The minimum absolute atomic E-state index is 0.149. The summed E-state index contributed by atoms with van der Waals surface area (Å²) in [6.45, 7) is 16.0. The Labute approximate surface area is 132 Å². The van der Waals surface area contributed by atoms with Gasteiger partial charge in [-0.3, -0.25) is 4.79 Å². The van der Waals surface area contributed by atoms with Gasteiger partial charge in [0.2, 0.25) is 0 Å². The lowest BCUT2D eigenvalue weighted by molar-refractivity contribution is -0.134. The van der Waals surface area contributed by atoms with Crippen LogP contribution in [0.4, 0.5) is 0 Å². The van der Waals surface area contributed by atoms with E-state index >= 15 is 0 Å². The molecule has 0 saturated heterocycles. The Kier molecular flexibility index (Phi) is 4.49. The zero-order chi connectivity index (χ0) is 16.1. The van der Waals surface area contributed by atoms with Crippen molar-refractivity contribution >= 4 is 14.1 Å². The fraction of sp³-hybridized carbons (Fsp3) is 0.944. The molecule has 0 aliphatic heterocycles. The van der Waals surface area contributed by atoms with Gasteiger partial charge in [-0.2, -0.15) is 0 Å². The summed E-state index contributed by atoms with van der Waals surface area (Å²) in [4.78, 5) is 12.8. The van der Waals surface area contributed by atoms with Crippen LogP contribution in [0.2, 0.25) is 18.1 Å². The Morgan fingerprint density at radius 1 is 1.19 bits per heavy atom. The number of rotatable bonds is 2. The van der Waals surface area contributed by atoms with Crippen molar-refractivity contribution in [2.45, 2.75) is 91.0 Å². The summed E-state index contributed by atoms with van der Waals surface area (Å²) in [6.07, 6.45) is 5.43. The number of fused-ring (bicyclic) bond motifs is 1. The third kappa shape index (κ3) is 2.88. The van der Waals surface area contributed by atoms with Gasteiger partial charge in [-0.25, -0.2) is 0 Å². The Hall–Kier alpha value is -0.153. The molecule has 21 heavy (non-hydrogen) atoms. The van der Waals surface area contributed by atoms with Crippen LogP contribution >= 0.6 is 0 Å². The van der Waals surface area contributed by atoms with Crippen molar-refractivity contribution in [2.24, 2.45) is 17.3 Å². The Morgan fingerprint density at radius 2 is 1.81 bits per heavy atom. The van der Waals surface area contributed by atoms with E-state index in [0.717, 1.165) is 19.3 Å². The summed E-state index contributed by atoms with van der Waals surface area (Å²) in [6, 6.07) is 0. The molecule has 3 heteroatoms. The molecule has 122 valence electrons.